The van der Waals surface area contributed by atoms with Crippen LogP contribution in [-0.2, 0) is 0 Å². The molecule has 20 heavy (non-hydrogen) atoms. The zero-order valence-electron chi connectivity index (χ0n) is 11.7. The standard InChI is InChI=1S/C15H20BrN3S/c1-18-11-3-4-12(18)9-19(7-6-11)14-5-2-10(16)8-13(14)15(17)20/h2,5,8,11-12H,3-4,6-7,9H2,1H3,(H2,17,20). The molecule has 0 saturated carbocycles. The first-order valence-corrected chi connectivity index (χ1v) is 8.32. The molecule has 3 rings (SSSR count). The quantitative estimate of drug-likeness (QED) is 0.828. The maximum absolute atomic E-state index is 5.91. The number of hydrogen-bond acceptors (Lipinski definition) is 3. The van der Waals surface area contributed by atoms with Gasteiger partial charge in [0.05, 0.1) is 0 Å². The topological polar surface area (TPSA) is 32.5 Å². The van der Waals surface area contributed by atoms with E-state index < -0.39 is 0 Å². The van der Waals surface area contributed by atoms with Crippen LogP contribution in [0, 0.1) is 0 Å². The van der Waals surface area contributed by atoms with Gasteiger partial charge in [-0.15, -0.1) is 0 Å². The summed E-state index contributed by atoms with van der Waals surface area (Å²) in [5, 5.41) is 0. The van der Waals surface area contributed by atoms with Crippen molar-refractivity contribution in [2.75, 3.05) is 25.0 Å². The minimum absolute atomic E-state index is 0.476. The summed E-state index contributed by atoms with van der Waals surface area (Å²) < 4.78 is 1.03. The van der Waals surface area contributed by atoms with Crippen molar-refractivity contribution in [1.29, 1.82) is 0 Å². The summed E-state index contributed by atoms with van der Waals surface area (Å²) >= 11 is 8.73. The molecule has 2 fully saturated rings. The van der Waals surface area contributed by atoms with Crippen LogP contribution in [0.1, 0.15) is 24.8 Å². The summed E-state index contributed by atoms with van der Waals surface area (Å²) in [7, 11) is 2.27. The predicted molar refractivity (Wildman–Crippen MR) is 91.4 cm³/mol. The van der Waals surface area contributed by atoms with Gasteiger partial charge in [0.2, 0.25) is 0 Å². The van der Waals surface area contributed by atoms with Crippen molar-refractivity contribution in [3.8, 4) is 0 Å². The third-order valence-electron chi connectivity index (χ3n) is 4.71. The predicted octanol–water partition coefficient (Wildman–Crippen LogP) is 2.76. The number of thiocarbonyl (C=S) groups is 1. The Morgan fingerprint density at radius 3 is 2.80 bits per heavy atom. The van der Waals surface area contributed by atoms with E-state index >= 15 is 0 Å². The fourth-order valence-corrected chi connectivity index (χ4v) is 4.03. The van der Waals surface area contributed by atoms with E-state index in [9.17, 15) is 0 Å². The molecule has 2 N–H and O–H groups in total. The van der Waals surface area contributed by atoms with E-state index in [0.717, 1.165) is 29.2 Å². The van der Waals surface area contributed by atoms with Crippen molar-refractivity contribution in [1.82, 2.24) is 4.90 Å². The number of hydrogen-bond donors (Lipinski definition) is 1. The number of likely N-dealkylation sites (N-methyl/N-ethyl adjacent to an activating group) is 1. The summed E-state index contributed by atoms with van der Waals surface area (Å²) in [6, 6.07) is 7.64. The molecule has 2 saturated heterocycles. The third-order valence-corrected chi connectivity index (χ3v) is 5.43. The zero-order valence-corrected chi connectivity index (χ0v) is 14.1. The fraction of sp³-hybridized carbons (Fsp3) is 0.533. The molecule has 0 aromatic heterocycles. The van der Waals surface area contributed by atoms with Gasteiger partial charge in [0.15, 0.2) is 0 Å². The highest BCUT2D eigenvalue weighted by atomic mass is 79.9. The molecule has 2 aliphatic heterocycles. The van der Waals surface area contributed by atoms with Gasteiger partial charge >= 0.3 is 0 Å². The summed E-state index contributed by atoms with van der Waals surface area (Å²) in [4.78, 5) is 5.49. The number of anilines is 1. The minimum Gasteiger partial charge on any atom is -0.389 e. The highest BCUT2D eigenvalue weighted by molar-refractivity contribution is 9.10. The zero-order chi connectivity index (χ0) is 14.3. The van der Waals surface area contributed by atoms with Gasteiger partial charge < -0.3 is 10.6 Å². The Morgan fingerprint density at radius 1 is 1.30 bits per heavy atom. The average Bonchev–Trinajstić information content (AvgIpc) is 2.64. The second-order valence-corrected chi connectivity index (χ2v) is 7.17. The Kier molecular flexibility index (Phi) is 4.02. The highest BCUT2D eigenvalue weighted by Gasteiger charge is 2.35. The lowest BCUT2D eigenvalue weighted by atomic mass is 10.1. The number of rotatable bonds is 2. The van der Waals surface area contributed by atoms with Gasteiger partial charge in [-0.3, -0.25) is 4.90 Å². The van der Waals surface area contributed by atoms with E-state index in [4.69, 9.17) is 18.0 Å². The van der Waals surface area contributed by atoms with Crippen LogP contribution in [0.5, 0.6) is 0 Å². The van der Waals surface area contributed by atoms with Gasteiger partial charge in [-0.25, -0.2) is 0 Å². The van der Waals surface area contributed by atoms with Gasteiger partial charge in [-0.1, -0.05) is 28.1 Å². The van der Waals surface area contributed by atoms with Gasteiger partial charge in [0, 0.05) is 40.9 Å². The first-order valence-electron chi connectivity index (χ1n) is 7.12. The molecular formula is C15H20BrN3S. The van der Waals surface area contributed by atoms with Gasteiger partial charge in [-0.2, -0.15) is 0 Å². The monoisotopic (exact) mass is 353 g/mol. The molecule has 0 aliphatic carbocycles. The van der Waals surface area contributed by atoms with Crippen molar-refractivity contribution in [2.24, 2.45) is 5.73 Å². The van der Waals surface area contributed by atoms with E-state index in [-0.39, 0.29) is 0 Å². The van der Waals surface area contributed by atoms with Crippen molar-refractivity contribution in [3.05, 3.63) is 28.2 Å². The molecule has 108 valence electrons. The lowest BCUT2D eigenvalue weighted by Crippen LogP contribution is -2.37. The maximum Gasteiger partial charge on any atom is 0.106 e. The van der Waals surface area contributed by atoms with Crippen molar-refractivity contribution >= 4 is 38.8 Å². The average molecular weight is 354 g/mol. The van der Waals surface area contributed by atoms with Crippen LogP contribution in [-0.4, -0.2) is 42.1 Å². The number of benzene rings is 1. The number of nitrogens with zero attached hydrogens (tertiary/aromatic N) is 2. The number of halogens is 1. The summed E-state index contributed by atoms with van der Waals surface area (Å²) in [5.74, 6) is 0. The van der Waals surface area contributed by atoms with Crippen LogP contribution in [0.15, 0.2) is 22.7 Å². The van der Waals surface area contributed by atoms with Crippen LogP contribution in [0.25, 0.3) is 0 Å². The van der Waals surface area contributed by atoms with Crippen LogP contribution in [0.2, 0.25) is 0 Å². The van der Waals surface area contributed by atoms with E-state index in [0.29, 0.717) is 11.0 Å². The Labute approximate surface area is 134 Å². The Balaban J connectivity index is 1.91. The first kappa shape index (κ1) is 14.3. The van der Waals surface area contributed by atoms with Crippen LogP contribution in [0.3, 0.4) is 0 Å². The number of fused-ring (bicyclic) bond motifs is 2. The molecule has 0 amide bonds. The second kappa shape index (κ2) is 5.62. The van der Waals surface area contributed by atoms with Crippen molar-refractivity contribution in [3.63, 3.8) is 0 Å². The molecule has 5 heteroatoms. The summed E-state index contributed by atoms with van der Waals surface area (Å²) in [6.07, 6.45) is 3.87. The van der Waals surface area contributed by atoms with Crippen molar-refractivity contribution in [2.45, 2.75) is 31.3 Å². The molecule has 0 spiro atoms. The lowest BCUT2D eigenvalue weighted by Gasteiger charge is -2.29. The van der Waals surface area contributed by atoms with Gasteiger partial charge in [-0.05, 0) is 44.5 Å². The summed E-state index contributed by atoms with van der Waals surface area (Å²) in [5.41, 5.74) is 8.07. The smallest absolute Gasteiger partial charge is 0.106 e. The van der Waals surface area contributed by atoms with E-state index in [1.807, 2.05) is 6.07 Å². The van der Waals surface area contributed by atoms with E-state index in [1.165, 1.54) is 24.9 Å². The van der Waals surface area contributed by atoms with E-state index in [2.05, 4.69) is 44.9 Å². The van der Waals surface area contributed by atoms with Gasteiger partial charge in [0.1, 0.15) is 4.99 Å². The summed E-state index contributed by atoms with van der Waals surface area (Å²) in [6.45, 7) is 2.16. The SMILES string of the molecule is CN1C2CCC1CN(c1ccc(Br)cc1C(N)=S)CC2. The van der Waals surface area contributed by atoms with Crippen LogP contribution < -0.4 is 10.6 Å². The molecule has 1 aromatic carbocycles. The largest absolute Gasteiger partial charge is 0.389 e. The number of nitrogens with two attached hydrogens (primary N) is 1. The molecule has 2 bridgehead atoms. The maximum atomic E-state index is 5.91. The minimum atomic E-state index is 0.476. The molecule has 2 aliphatic rings. The molecule has 2 unspecified atom stereocenters. The highest BCUT2D eigenvalue weighted by Crippen LogP contribution is 2.32. The molecule has 2 atom stereocenters. The van der Waals surface area contributed by atoms with Crippen LogP contribution >= 0.6 is 28.1 Å². The lowest BCUT2D eigenvalue weighted by molar-refractivity contribution is 0.254. The molecule has 1 aromatic rings. The molecule has 3 nitrogen and oxygen atoms in total. The van der Waals surface area contributed by atoms with Gasteiger partial charge in [0.25, 0.3) is 0 Å². The molecule has 0 radical (unpaired) electrons. The fourth-order valence-electron chi connectivity index (χ4n) is 3.51. The Morgan fingerprint density at radius 2 is 2.05 bits per heavy atom. The Bertz CT molecular complexity index is 534. The Hall–Kier alpha value is -0.650. The van der Waals surface area contributed by atoms with Crippen molar-refractivity contribution < 1.29 is 0 Å². The molecule has 2 heterocycles. The van der Waals surface area contributed by atoms with Crippen LogP contribution in [0.4, 0.5) is 5.69 Å². The normalized spacial score (nSPS) is 26.6. The van der Waals surface area contributed by atoms with E-state index in [1.54, 1.807) is 0 Å². The second-order valence-electron chi connectivity index (χ2n) is 5.81. The molecular weight excluding hydrogens is 334 g/mol. The third kappa shape index (κ3) is 2.59. The first-order chi connectivity index (χ1) is 9.56.